The van der Waals surface area contributed by atoms with Gasteiger partial charge in [-0.3, -0.25) is 9.80 Å². The molecule has 0 saturated carbocycles. The molecule has 140 valence electrons. The Balaban J connectivity index is 1.31. The molecule has 4 nitrogen and oxygen atoms in total. The van der Waals surface area contributed by atoms with E-state index in [0.717, 1.165) is 24.7 Å². The van der Waals surface area contributed by atoms with Gasteiger partial charge in [-0.25, -0.2) is 4.98 Å². The summed E-state index contributed by atoms with van der Waals surface area (Å²) in [5.41, 5.74) is 4.96. The van der Waals surface area contributed by atoms with Crippen LogP contribution in [0.5, 0.6) is 0 Å². The molecule has 0 spiro atoms. The number of aromatic nitrogens is 2. The van der Waals surface area contributed by atoms with Gasteiger partial charge < -0.3 is 4.40 Å². The number of rotatable bonds is 4. The Morgan fingerprint density at radius 3 is 2.70 bits per heavy atom. The fraction of sp³-hybridized carbons (Fsp3) is 0.435. The van der Waals surface area contributed by atoms with Crippen molar-refractivity contribution in [3.8, 4) is 0 Å². The summed E-state index contributed by atoms with van der Waals surface area (Å²) in [6, 6.07) is 15.8. The number of fused-ring (bicyclic) bond motifs is 5. The quantitative estimate of drug-likeness (QED) is 0.708. The number of imidazole rings is 1. The summed E-state index contributed by atoms with van der Waals surface area (Å²) in [4.78, 5) is 10.2. The molecule has 0 unspecified atom stereocenters. The van der Waals surface area contributed by atoms with Crippen molar-refractivity contribution in [1.29, 1.82) is 0 Å². The third-order valence-electron chi connectivity index (χ3n) is 6.17. The molecule has 0 aliphatic carbocycles. The van der Waals surface area contributed by atoms with Gasteiger partial charge in [0.25, 0.3) is 0 Å². The van der Waals surface area contributed by atoms with Gasteiger partial charge in [0.05, 0.1) is 5.69 Å². The van der Waals surface area contributed by atoms with Crippen LogP contribution in [0.4, 0.5) is 0 Å². The van der Waals surface area contributed by atoms with E-state index in [1.54, 1.807) is 0 Å². The third kappa shape index (κ3) is 3.64. The first-order chi connectivity index (χ1) is 13.2. The van der Waals surface area contributed by atoms with Crippen LogP contribution in [0.2, 0.25) is 0 Å². The highest BCUT2D eigenvalue weighted by molar-refractivity contribution is 5.41. The lowest BCUT2D eigenvalue weighted by Crippen LogP contribution is -2.43. The first kappa shape index (κ1) is 17.0. The Hall–Kier alpha value is -2.17. The Bertz CT molecular complexity index is 917. The molecule has 0 amide bonds. The summed E-state index contributed by atoms with van der Waals surface area (Å²) < 4.78 is 2.17. The predicted molar refractivity (Wildman–Crippen MR) is 109 cm³/mol. The number of hydrogen-bond donors (Lipinski definition) is 0. The van der Waals surface area contributed by atoms with E-state index in [1.165, 1.54) is 49.3 Å². The SMILES string of the molecule is Cc1ccc2nc(CN3C[C@H]4CC[C@@H]3CN(Cc3ccccc3)C4)cn2c1. The van der Waals surface area contributed by atoms with Gasteiger partial charge in [-0.1, -0.05) is 36.4 Å². The zero-order valence-electron chi connectivity index (χ0n) is 16.1. The number of benzene rings is 1. The summed E-state index contributed by atoms with van der Waals surface area (Å²) in [5, 5.41) is 0. The highest BCUT2D eigenvalue weighted by Crippen LogP contribution is 2.30. The van der Waals surface area contributed by atoms with E-state index in [9.17, 15) is 0 Å². The lowest BCUT2D eigenvalue weighted by Gasteiger charge is -2.35. The van der Waals surface area contributed by atoms with Gasteiger partial charge in [0.2, 0.25) is 0 Å². The van der Waals surface area contributed by atoms with Crippen molar-refractivity contribution in [2.45, 2.75) is 38.9 Å². The van der Waals surface area contributed by atoms with Crippen molar-refractivity contribution >= 4 is 5.65 Å². The highest BCUT2D eigenvalue weighted by Gasteiger charge is 2.34. The van der Waals surface area contributed by atoms with E-state index in [2.05, 4.69) is 76.0 Å². The van der Waals surface area contributed by atoms with Crippen molar-refractivity contribution in [3.63, 3.8) is 0 Å². The first-order valence-corrected chi connectivity index (χ1v) is 10.2. The Morgan fingerprint density at radius 1 is 0.926 bits per heavy atom. The van der Waals surface area contributed by atoms with Crippen LogP contribution in [0.3, 0.4) is 0 Å². The van der Waals surface area contributed by atoms with Crippen LogP contribution in [0, 0.1) is 12.8 Å². The molecule has 3 aliphatic rings. The molecule has 5 heterocycles. The Morgan fingerprint density at radius 2 is 1.81 bits per heavy atom. The number of hydrogen-bond acceptors (Lipinski definition) is 3. The lowest BCUT2D eigenvalue weighted by molar-refractivity contribution is 0.122. The zero-order chi connectivity index (χ0) is 18.2. The van der Waals surface area contributed by atoms with Gasteiger partial charge in [-0.05, 0) is 42.9 Å². The molecule has 2 aromatic heterocycles. The predicted octanol–water partition coefficient (Wildman–Crippen LogP) is 3.74. The maximum absolute atomic E-state index is 4.86. The van der Waals surface area contributed by atoms with E-state index in [0.29, 0.717) is 6.04 Å². The number of aryl methyl sites for hydroxylation is 1. The molecule has 3 saturated heterocycles. The number of piperidine rings is 1. The van der Waals surface area contributed by atoms with Gasteiger partial charge in [0.1, 0.15) is 5.65 Å². The molecule has 0 N–H and O–H groups in total. The lowest BCUT2D eigenvalue weighted by atomic mass is 9.95. The average Bonchev–Trinajstić information content (AvgIpc) is 2.85. The van der Waals surface area contributed by atoms with Gasteiger partial charge >= 0.3 is 0 Å². The smallest absolute Gasteiger partial charge is 0.137 e. The van der Waals surface area contributed by atoms with E-state index in [4.69, 9.17) is 4.98 Å². The molecule has 27 heavy (non-hydrogen) atoms. The van der Waals surface area contributed by atoms with Crippen LogP contribution in [0.15, 0.2) is 54.9 Å². The van der Waals surface area contributed by atoms with E-state index in [1.807, 2.05) is 0 Å². The van der Waals surface area contributed by atoms with E-state index >= 15 is 0 Å². The maximum atomic E-state index is 4.86. The van der Waals surface area contributed by atoms with Crippen LogP contribution < -0.4 is 0 Å². The monoisotopic (exact) mass is 360 g/mol. The van der Waals surface area contributed by atoms with Crippen LogP contribution in [-0.4, -0.2) is 44.9 Å². The molecule has 0 radical (unpaired) electrons. The zero-order valence-corrected chi connectivity index (χ0v) is 16.1. The molecule has 3 aromatic rings. The fourth-order valence-corrected chi connectivity index (χ4v) is 4.88. The van der Waals surface area contributed by atoms with Crippen LogP contribution in [0.1, 0.15) is 29.7 Å². The molecule has 1 aromatic carbocycles. The normalized spacial score (nSPS) is 23.7. The van der Waals surface area contributed by atoms with Crippen LogP contribution in [-0.2, 0) is 13.1 Å². The van der Waals surface area contributed by atoms with E-state index < -0.39 is 0 Å². The Labute approximate surface area is 161 Å². The van der Waals surface area contributed by atoms with Gasteiger partial charge in [0.15, 0.2) is 0 Å². The molecule has 4 heteroatoms. The number of pyridine rings is 1. The molecular weight excluding hydrogens is 332 g/mol. The molecule has 2 atom stereocenters. The standard InChI is InChI=1S/C23H28N4/c1-18-7-10-23-24-21(16-27(23)11-18)15-26-14-20-8-9-22(26)17-25(13-20)12-19-5-3-2-4-6-19/h2-7,10-11,16,20,22H,8-9,12-15,17H2,1H3/t20-,22+/m0/s1. The molecule has 2 bridgehead atoms. The minimum atomic E-state index is 0.652. The van der Waals surface area contributed by atoms with Crippen LogP contribution in [0.25, 0.3) is 5.65 Å². The summed E-state index contributed by atoms with van der Waals surface area (Å²) in [7, 11) is 0. The van der Waals surface area contributed by atoms with E-state index in [-0.39, 0.29) is 0 Å². The summed E-state index contributed by atoms with van der Waals surface area (Å²) in [6.07, 6.45) is 7.07. The van der Waals surface area contributed by atoms with Gasteiger partial charge in [0, 0.05) is 51.2 Å². The average molecular weight is 361 g/mol. The topological polar surface area (TPSA) is 23.8 Å². The summed E-state index contributed by atoms with van der Waals surface area (Å²) in [5.74, 6) is 0.784. The van der Waals surface area contributed by atoms with Crippen molar-refractivity contribution in [2.24, 2.45) is 5.92 Å². The van der Waals surface area contributed by atoms with Gasteiger partial charge in [-0.15, -0.1) is 0 Å². The molecular formula is C23H28N4. The van der Waals surface area contributed by atoms with Crippen LogP contribution >= 0.6 is 0 Å². The maximum Gasteiger partial charge on any atom is 0.137 e. The minimum Gasteiger partial charge on any atom is -0.307 e. The highest BCUT2D eigenvalue weighted by atomic mass is 15.3. The second kappa shape index (κ2) is 7.10. The third-order valence-corrected chi connectivity index (χ3v) is 6.17. The summed E-state index contributed by atoms with van der Waals surface area (Å²) in [6.45, 7) is 7.80. The molecule has 6 rings (SSSR count). The number of nitrogens with zero attached hydrogens (tertiary/aromatic N) is 4. The van der Waals surface area contributed by atoms with Crippen molar-refractivity contribution in [2.75, 3.05) is 19.6 Å². The second-order valence-electron chi connectivity index (χ2n) is 8.41. The Kier molecular flexibility index (Phi) is 4.46. The summed E-state index contributed by atoms with van der Waals surface area (Å²) >= 11 is 0. The second-order valence-corrected chi connectivity index (χ2v) is 8.41. The minimum absolute atomic E-state index is 0.652. The molecule has 3 aliphatic heterocycles. The largest absolute Gasteiger partial charge is 0.307 e. The van der Waals surface area contributed by atoms with Crippen molar-refractivity contribution < 1.29 is 0 Å². The first-order valence-electron chi connectivity index (χ1n) is 10.2. The fourth-order valence-electron chi connectivity index (χ4n) is 4.88. The van der Waals surface area contributed by atoms with Crippen molar-refractivity contribution in [1.82, 2.24) is 19.2 Å². The van der Waals surface area contributed by atoms with Gasteiger partial charge in [-0.2, -0.15) is 0 Å². The van der Waals surface area contributed by atoms with Crippen molar-refractivity contribution in [3.05, 3.63) is 71.7 Å². The molecule has 3 fully saturated rings.